The molecule has 2 rings (SSSR count). The maximum Gasteiger partial charge on any atom is 0.338 e. The van der Waals surface area contributed by atoms with Crippen LogP contribution in [0.2, 0.25) is 0 Å². The summed E-state index contributed by atoms with van der Waals surface area (Å²) in [5.74, 6) is -0.0798. The molecule has 0 bridgehead atoms. The van der Waals surface area contributed by atoms with Crippen LogP contribution in [0.3, 0.4) is 0 Å². The van der Waals surface area contributed by atoms with Crippen LogP contribution in [0.1, 0.15) is 45.1 Å². The van der Waals surface area contributed by atoms with E-state index in [1.54, 1.807) is 4.57 Å². The predicted octanol–water partition coefficient (Wildman–Crippen LogP) is 3.83. The Labute approximate surface area is 123 Å². The summed E-state index contributed by atoms with van der Waals surface area (Å²) in [5, 5.41) is 12.2. The molecule has 0 saturated carbocycles. The molecule has 112 valence electrons. The normalized spacial score (nSPS) is 11.2. The molecular formula is C16H20N2O3. The van der Waals surface area contributed by atoms with Crippen LogP contribution in [-0.4, -0.2) is 9.49 Å². The van der Waals surface area contributed by atoms with Crippen molar-refractivity contribution in [1.29, 1.82) is 0 Å². The summed E-state index contributed by atoms with van der Waals surface area (Å²) in [7, 11) is 0. The first kappa shape index (κ1) is 15.2. The van der Waals surface area contributed by atoms with Crippen molar-refractivity contribution in [3.8, 4) is 0 Å². The Morgan fingerprint density at radius 1 is 1.29 bits per heavy atom. The summed E-state index contributed by atoms with van der Waals surface area (Å²) in [5.41, 5.74) is 0.550. The lowest BCUT2D eigenvalue weighted by molar-refractivity contribution is -0.387. The minimum atomic E-state index is -0.535. The van der Waals surface area contributed by atoms with Crippen molar-refractivity contribution in [3.63, 3.8) is 0 Å². The molecule has 0 N–H and O–H groups in total. The van der Waals surface area contributed by atoms with Crippen molar-refractivity contribution < 1.29 is 4.92 Å². The lowest BCUT2D eigenvalue weighted by Gasteiger charge is -2.15. The molecule has 1 heterocycles. The second kappa shape index (κ2) is 6.08. The molecule has 1 aromatic heterocycles. The first-order valence-corrected chi connectivity index (χ1v) is 7.28. The molecule has 0 unspecified atom stereocenters. The third kappa shape index (κ3) is 2.68. The van der Waals surface area contributed by atoms with Crippen molar-refractivity contribution in [3.05, 3.63) is 50.3 Å². The van der Waals surface area contributed by atoms with Crippen LogP contribution in [0.25, 0.3) is 10.9 Å². The third-order valence-electron chi connectivity index (χ3n) is 3.68. The second-order valence-corrected chi connectivity index (χ2v) is 5.50. The van der Waals surface area contributed by atoms with Crippen LogP contribution >= 0.6 is 0 Å². The molecule has 0 amide bonds. The number of fused-ring (bicyclic) bond motifs is 1. The van der Waals surface area contributed by atoms with E-state index >= 15 is 0 Å². The van der Waals surface area contributed by atoms with Crippen molar-refractivity contribution in [2.24, 2.45) is 0 Å². The van der Waals surface area contributed by atoms with E-state index in [2.05, 4.69) is 0 Å². The monoisotopic (exact) mass is 288 g/mol. The van der Waals surface area contributed by atoms with E-state index in [9.17, 15) is 14.9 Å². The number of benzene rings is 1. The Balaban J connectivity index is 2.92. The Bertz CT molecular complexity index is 732. The smallest absolute Gasteiger partial charge is 0.302 e. The van der Waals surface area contributed by atoms with E-state index in [1.807, 2.05) is 45.0 Å². The van der Waals surface area contributed by atoms with Gasteiger partial charge in [-0.3, -0.25) is 14.9 Å². The number of hydrogen-bond acceptors (Lipinski definition) is 3. The average molecular weight is 288 g/mol. The molecule has 0 radical (unpaired) electrons. The van der Waals surface area contributed by atoms with Crippen LogP contribution in [0.4, 0.5) is 5.69 Å². The third-order valence-corrected chi connectivity index (χ3v) is 3.68. The van der Waals surface area contributed by atoms with E-state index in [-0.39, 0.29) is 11.6 Å². The van der Waals surface area contributed by atoms with Gasteiger partial charge in [0, 0.05) is 17.5 Å². The van der Waals surface area contributed by atoms with Gasteiger partial charge in [0.25, 0.3) is 0 Å². The lowest BCUT2D eigenvalue weighted by atomic mass is 9.96. The second-order valence-electron chi connectivity index (χ2n) is 5.50. The molecule has 21 heavy (non-hydrogen) atoms. The molecular weight excluding hydrogens is 268 g/mol. The van der Waals surface area contributed by atoms with E-state index < -0.39 is 10.5 Å². The highest BCUT2D eigenvalue weighted by Crippen LogP contribution is 2.31. The fraction of sp³-hybridized carbons (Fsp3) is 0.438. The van der Waals surface area contributed by atoms with Gasteiger partial charge in [-0.05, 0) is 18.4 Å². The number of nitro groups is 1. The van der Waals surface area contributed by atoms with Crippen molar-refractivity contribution >= 4 is 16.6 Å². The topological polar surface area (TPSA) is 65.1 Å². The SMILES string of the molecule is CCCCn1c(=O)c([N+](=O)[O-])c(C(C)C)c2ccccc21. The number of unbranched alkanes of at least 4 members (excludes halogenated alkanes) is 1. The highest BCUT2D eigenvalue weighted by Gasteiger charge is 2.26. The molecule has 0 spiro atoms. The molecule has 5 heteroatoms. The minimum absolute atomic E-state index is 0.0798. The summed E-state index contributed by atoms with van der Waals surface area (Å²) in [6.07, 6.45) is 1.75. The Hall–Kier alpha value is -2.17. The fourth-order valence-electron chi connectivity index (χ4n) is 2.72. The summed E-state index contributed by atoms with van der Waals surface area (Å²) in [4.78, 5) is 23.5. The number of pyridine rings is 1. The van der Waals surface area contributed by atoms with E-state index in [1.165, 1.54) is 0 Å². The van der Waals surface area contributed by atoms with E-state index in [0.717, 1.165) is 23.7 Å². The Morgan fingerprint density at radius 3 is 2.52 bits per heavy atom. The number of nitrogens with zero attached hydrogens (tertiary/aromatic N) is 2. The molecule has 0 aliphatic heterocycles. The maximum atomic E-state index is 12.6. The van der Waals surface area contributed by atoms with E-state index in [0.29, 0.717) is 12.1 Å². The van der Waals surface area contributed by atoms with Crippen molar-refractivity contribution in [2.75, 3.05) is 0 Å². The van der Waals surface area contributed by atoms with Crippen LogP contribution in [0.15, 0.2) is 29.1 Å². The zero-order valence-electron chi connectivity index (χ0n) is 12.6. The van der Waals surface area contributed by atoms with E-state index in [4.69, 9.17) is 0 Å². The minimum Gasteiger partial charge on any atom is -0.302 e. The number of aryl methyl sites for hydroxylation is 1. The zero-order valence-corrected chi connectivity index (χ0v) is 12.6. The van der Waals surface area contributed by atoms with Gasteiger partial charge in [0.15, 0.2) is 0 Å². The highest BCUT2D eigenvalue weighted by molar-refractivity contribution is 5.86. The quantitative estimate of drug-likeness (QED) is 0.620. The molecule has 0 saturated heterocycles. The molecule has 0 aliphatic rings. The molecule has 2 aromatic rings. The van der Waals surface area contributed by atoms with Crippen LogP contribution in [0.5, 0.6) is 0 Å². The predicted molar refractivity (Wildman–Crippen MR) is 83.9 cm³/mol. The summed E-state index contributed by atoms with van der Waals surface area (Å²) < 4.78 is 1.54. The number of aromatic nitrogens is 1. The Kier molecular flexibility index (Phi) is 4.40. The molecule has 0 atom stereocenters. The maximum absolute atomic E-state index is 12.6. The van der Waals surface area contributed by atoms with Gasteiger partial charge < -0.3 is 4.57 Å². The van der Waals surface area contributed by atoms with Crippen LogP contribution in [0, 0.1) is 10.1 Å². The van der Waals surface area contributed by atoms with Gasteiger partial charge in [0.1, 0.15) is 0 Å². The standard InChI is InChI=1S/C16H20N2O3/c1-4-5-10-17-13-9-7-6-8-12(13)14(11(2)3)15(16(17)19)18(20)21/h6-9,11H,4-5,10H2,1-3H3. The fourth-order valence-corrected chi connectivity index (χ4v) is 2.72. The van der Waals surface area contributed by atoms with Crippen molar-refractivity contribution in [1.82, 2.24) is 4.57 Å². The molecule has 1 aromatic carbocycles. The van der Waals surface area contributed by atoms with Gasteiger partial charge in [-0.25, -0.2) is 0 Å². The first-order valence-electron chi connectivity index (χ1n) is 7.28. The Morgan fingerprint density at radius 2 is 1.95 bits per heavy atom. The van der Waals surface area contributed by atoms with Crippen molar-refractivity contribution in [2.45, 2.75) is 46.1 Å². The number of hydrogen-bond donors (Lipinski definition) is 0. The number of rotatable bonds is 5. The summed E-state index contributed by atoms with van der Waals surface area (Å²) >= 11 is 0. The number of para-hydroxylation sites is 1. The van der Waals surface area contributed by atoms with Gasteiger partial charge in [0.05, 0.1) is 10.4 Å². The lowest BCUT2D eigenvalue weighted by Crippen LogP contribution is -2.25. The van der Waals surface area contributed by atoms with Gasteiger partial charge in [-0.1, -0.05) is 45.4 Å². The zero-order chi connectivity index (χ0) is 15.6. The van der Waals surface area contributed by atoms with Crippen LogP contribution in [-0.2, 0) is 6.54 Å². The molecule has 0 fully saturated rings. The first-order chi connectivity index (χ1) is 9.99. The van der Waals surface area contributed by atoms with Crippen LogP contribution < -0.4 is 5.56 Å². The summed E-state index contributed by atoms with van der Waals surface area (Å²) in [6.45, 7) is 6.30. The highest BCUT2D eigenvalue weighted by atomic mass is 16.6. The summed E-state index contributed by atoms with van der Waals surface area (Å²) in [6, 6.07) is 7.44. The van der Waals surface area contributed by atoms with Gasteiger partial charge in [0.2, 0.25) is 0 Å². The van der Waals surface area contributed by atoms with Gasteiger partial charge in [-0.2, -0.15) is 0 Å². The largest absolute Gasteiger partial charge is 0.338 e. The molecule has 5 nitrogen and oxygen atoms in total. The van der Waals surface area contributed by atoms with Gasteiger partial charge in [-0.15, -0.1) is 0 Å². The van der Waals surface area contributed by atoms with Gasteiger partial charge >= 0.3 is 11.2 Å². The average Bonchev–Trinajstić information content (AvgIpc) is 2.44. The molecule has 0 aliphatic carbocycles.